The second kappa shape index (κ2) is 7.12. The Morgan fingerprint density at radius 1 is 1.25 bits per heavy atom. The third-order valence-corrected chi connectivity index (χ3v) is 7.11. The summed E-state index contributed by atoms with van der Waals surface area (Å²) in [5.74, 6) is 0.951. The van der Waals surface area contributed by atoms with Crippen LogP contribution in [0.15, 0.2) is 18.2 Å². The minimum Gasteiger partial charge on any atom is -0.497 e. The number of hydrogen-bond acceptors (Lipinski definition) is 6. The van der Waals surface area contributed by atoms with Crippen molar-refractivity contribution in [1.29, 1.82) is 0 Å². The number of carbonyl (C=O) groups excluding carboxylic acids is 1. The highest BCUT2D eigenvalue weighted by Crippen LogP contribution is 2.33. The maximum Gasteiger partial charge on any atom is 0.274 e. The van der Waals surface area contributed by atoms with Crippen molar-refractivity contribution in [3.63, 3.8) is 0 Å². The van der Waals surface area contributed by atoms with Crippen molar-refractivity contribution in [3.8, 4) is 11.5 Å². The molecule has 1 atom stereocenters. The lowest BCUT2D eigenvalue weighted by molar-refractivity contribution is 0.101. The van der Waals surface area contributed by atoms with Gasteiger partial charge in [-0.15, -0.1) is 0 Å². The van der Waals surface area contributed by atoms with Crippen molar-refractivity contribution >= 4 is 21.4 Å². The van der Waals surface area contributed by atoms with Gasteiger partial charge in [-0.25, -0.2) is 8.42 Å². The number of benzene rings is 1. The van der Waals surface area contributed by atoms with Crippen LogP contribution in [0.3, 0.4) is 0 Å². The fraction of sp³-hybridized carbons (Fsp3) is 0.474. The van der Waals surface area contributed by atoms with Crippen LogP contribution < -0.4 is 14.8 Å². The van der Waals surface area contributed by atoms with Crippen molar-refractivity contribution < 1.29 is 22.7 Å². The molecule has 1 unspecified atom stereocenters. The van der Waals surface area contributed by atoms with Gasteiger partial charge in [0.25, 0.3) is 5.91 Å². The fourth-order valence-electron chi connectivity index (χ4n) is 3.98. The summed E-state index contributed by atoms with van der Waals surface area (Å²) in [6, 6.07) is 4.86. The molecule has 8 nitrogen and oxygen atoms in total. The molecule has 28 heavy (non-hydrogen) atoms. The van der Waals surface area contributed by atoms with E-state index in [4.69, 9.17) is 9.47 Å². The summed E-state index contributed by atoms with van der Waals surface area (Å²) in [6.07, 6.45) is 3.01. The number of amides is 1. The van der Waals surface area contributed by atoms with E-state index in [9.17, 15) is 13.2 Å². The molecule has 2 aromatic rings. The number of carbonyl (C=O) groups is 1. The van der Waals surface area contributed by atoms with Crippen LogP contribution in [0.5, 0.6) is 11.5 Å². The SMILES string of the molecule is COc1ccc(OC)c(NC(=O)c2c3c(nn2C2CCS(=O)(=O)C2)CCC3)c1. The van der Waals surface area contributed by atoms with Crippen LogP contribution in [-0.4, -0.2) is 49.8 Å². The molecule has 2 heterocycles. The lowest BCUT2D eigenvalue weighted by Crippen LogP contribution is -2.23. The van der Waals surface area contributed by atoms with Crippen LogP contribution in [0.25, 0.3) is 0 Å². The quantitative estimate of drug-likeness (QED) is 0.817. The zero-order chi connectivity index (χ0) is 19.9. The Labute approximate surface area is 163 Å². The number of nitrogens with one attached hydrogen (secondary N) is 1. The number of nitrogens with zero attached hydrogens (tertiary/aromatic N) is 2. The third kappa shape index (κ3) is 3.34. The highest BCUT2D eigenvalue weighted by Gasteiger charge is 2.35. The van der Waals surface area contributed by atoms with Gasteiger partial charge in [0.15, 0.2) is 9.84 Å². The van der Waals surface area contributed by atoms with Crippen molar-refractivity contribution in [2.75, 3.05) is 31.0 Å². The number of anilines is 1. The average molecular weight is 405 g/mol. The highest BCUT2D eigenvalue weighted by molar-refractivity contribution is 7.91. The third-order valence-electron chi connectivity index (χ3n) is 5.36. The first-order chi connectivity index (χ1) is 13.4. The molecule has 1 aromatic heterocycles. The van der Waals surface area contributed by atoms with Gasteiger partial charge in [-0.2, -0.15) is 5.10 Å². The number of rotatable bonds is 5. The van der Waals surface area contributed by atoms with Crippen molar-refractivity contribution in [3.05, 3.63) is 35.2 Å². The standard InChI is InChI=1S/C19H23N3O5S/c1-26-13-6-7-17(27-2)16(10-13)20-19(23)18-14-4-3-5-15(14)21-22(18)12-8-9-28(24,25)11-12/h6-7,10,12H,3-5,8-9,11H2,1-2H3,(H,20,23). The Morgan fingerprint density at radius 3 is 2.75 bits per heavy atom. The summed E-state index contributed by atoms with van der Waals surface area (Å²) >= 11 is 0. The molecule has 1 aliphatic carbocycles. The van der Waals surface area contributed by atoms with Gasteiger partial charge < -0.3 is 14.8 Å². The van der Waals surface area contributed by atoms with Crippen LogP contribution in [0.1, 0.15) is 40.6 Å². The summed E-state index contributed by atoms with van der Waals surface area (Å²) in [6.45, 7) is 0. The molecule has 9 heteroatoms. The highest BCUT2D eigenvalue weighted by atomic mass is 32.2. The number of methoxy groups -OCH3 is 2. The van der Waals surface area contributed by atoms with Gasteiger partial charge in [0.1, 0.15) is 17.2 Å². The van der Waals surface area contributed by atoms with E-state index in [2.05, 4.69) is 10.4 Å². The predicted octanol–water partition coefficient (Wildman–Crippen LogP) is 2.00. The van der Waals surface area contributed by atoms with Gasteiger partial charge in [0.2, 0.25) is 0 Å². The lowest BCUT2D eigenvalue weighted by Gasteiger charge is -2.16. The maximum atomic E-state index is 13.2. The zero-order valence-corrected chi connectivity index (χ0v) is 16.7. The Morgan fingerprint density at radius 2 is 2.07 bits per heavy atom. The van der Waals surface area contributed by atoms with Crippen LogP contribution in [0.2, 0.25) is 0 Å². The normalized spacial score (nSPS) is 20.0. The Hall–Kier alpha value is -2.55. The van der Waals surface area contributed by atoms with E-state index in [1.54, 1.807) is 30.0 Å². The molecule has 1 amide bonds. The summed E-state index contributed by atoms with van der Waals surface area (Å²) in [5.41, 5.74) is 2.76. The molecule has 1 N–H and O–H groups in total. The fourth-order valence-corrected chi connectivity index (χ4v) is 5.67. The van der Waals surface area contributed by atoms with Crippen molar-refractivity contribution in [1.82, 2.24) is 9.78 Å². The Bertz CT molecular complexity index is 1030. The molecule has 2 aliphatic rings. The second-order valence-corrected chi connectivity index (χ2v) is 9.38. The smallest absolute Gasteiger partial charge is 0.274 e. The van der Waals surface area contributed by atoms with Gasteiger partial charge in [0, 0.05) is 11.6 Å². The molecule has 1 aromatic carbocycles. The number of aromatic nitrogens is 2. The molecule has 1 saturated heterocycles. The molecular weight excluding hydrogens is 382 g/mol. The minimum absolute atomic E-state index is 0.0241. The van der Waals surface area contributed by atoms with Crippen LogP contribution >= 0.6 is 0 Å². The second-order valence-electron chi connectivity index (χ2n) is 7.15. The summed E-state index contributed by atoms with van der Waals surface area (Å²) < 4.78 is 36.1. The van der Waals surface area contributed by atoms with Gasteiger partial charge in [-0.1, -0.05) is 0 Å². The first-order valence-corrected chi connectivity index (χ1v) is 11.1. The van der Waals surface area contributed by atoms with E-state index in [1.807, 2.05) is 0 Å². The van der Waals surface area contributed by atoms with Crippen molar-refractivity contribution in [2.45, 2.75) is 31.7 Å². The van der Waals surface area contributed by atoms with Crippen molar-refractivity contribution in [2.24, 2.45) is 0 Å². The summed E-state index contributed by atoms with van der Waals surface area (Å²) in [5, 5.41) is 7.51. The van der Waals surface area contributed by atoms with E-state index in [0.717, 1.165) is 30.5 Å². The van der Waals surface area contributed by atoms with Crippen LogP contribution in [0.4, 0.5) is 5.69 Å². The topological polar surface area (TPSA) is 99.5 Å². The molecule has 0 radical (unpaired) electrons. The van der Waals surface area contributed by atoms with Gasteiger partial charge in [0.05, 0.1) is 43.1 Å². The first-order valence-electron chi connectivity index (χ1n) is 9.26. The van der Waals surface area contributed by atoms with E-state index >= 15 is 0 Å². The molecular formula is C19H23N3O5S. The number of hydrogen-bond donors (Lipinski definition) is 1. The van der Waals surface area contributed by atoms with Gasteiger partial charge in [-0.05, 0) is 37.8 Å². The van der Waals surface area contributed by atoms with E-state index in [1.165, 1.54) is 7.11 Å². The number of sulfone groups is 1. The molecule has 1 aliphatic heterocycles. The molecule has 1 fully saturated rings. The minimum atomic E-state index is -3.09. The van der Waals surface area contributed by atoms with Gasteiger partial charge in [-0.3, -0.25) is 9.48 Å². The van der Waals surface area contributed by atoms with Gasteiger partial charge >= 0.3 is 0 Å². The zero-order valence-electron chi connectivity index (χ0n) is 15.9. The summed E-state index contributed by atoms with van der Waals surface area (Å²) in [4.78, 5) is 13.2. The monoisotopic (exact) mass is 405 g/mol. The van der Waals surface area contributed by atoms with E-state index < -0.39 is 9.84 Å². The number of ether oxygens (including phenoxy) is 2. The lowest BCUT2D eigenvalue weighted by atomic mass is 10.1. The Kier molecular flexibility index (Phi) is 4.78. The molecule has 0 bridgehead atoms. The van der Waals surface area contributed by atoms with Crippen LogP contribution in [0, 0.1) is 0 Å². The average Bonchev–Trinajstić information content (AvgIpc) is 3.34. The Balaban J connectivity index is 1.70. The number of fused-ring (bicyclic) bond motifs is 1. The molecule has 150 valence electrons. The predicted molar refractivity (Wildman–Crippen MR) is 104 cm³/mol. The first kappa shape index (κ1) is 18.8. The molecule has 4 rings (SSSR count). The largest absolute Gasteiger partial charge is 0.497 e. The van der Waals surface area contributed by atoms with E-state index in [0.29, 0.717) is 29.3 Å². The maximum absolute atomic E-state index is 13.2. The number of aryl methyl sites for hydroxylation is 1. The van der Waals surface area contributed by atoms with Crippen LogP contribution in [-0.2, 0) is 22.7 Å². The van der Waals surface area contributed by atoms with E-state index in [-0.39, 0.29) is 23.5 Å². The molecule has 0 spiro atoms. The molecule has 0 saturated carbocycles. The summed E-state index contributed by atoms with van der Waals surface area (Å²) in [7, 11) is -0.00396.